The van der Waals surface area contributed by atoms with Crippen molar-refractivity contribution >= 4 is 11.8 Å². The maximum atomic E-state index is 12.4. The maximum absolute atomic E-state index is 12.4. The summed E-state index contributed by atoms with van der Waals surface area (Å²) in [4.78, 5) is 32.3. The number of hydrogen-bond donors (Lipinski definition) is 0. The number of piperidine rings is 1. The maximum Gasteiger partial charge on any atom is 0.232 e. The van der Waals surface area contributed by atoms with Crippen LogP contribution in [0.2, 0.25) is 0 Å². The third kappa shape index (κ3) is 5.05. The van der Waals surface area contributed by atoms with Gasteiger partial charge in [-0.15, -0.1) is 0 Å². The molecule has 5 nitrogen and oxygen atoms in total. The van der Waals surface area contributed by atoms with Crippen LogP contribution in [-0.4, -0.2) is 52.8 Å². The van der Waals surface area contributed by atoms with Crippen molar-refractivity contribution in [1.29, 1.82) is 0 Å². The van der Waals surface area contributed by atoms with E-state index in [1.54, 1.807) is 24.3 Å². The minimum Gasteiger partial charge on any atom is -0.345 e. The fourth-order valence-electron chi connectivity index (χ4n) is 3.09. The van der Waals surface area contributed by atoms with Gasteiger partial charge in [0.15, 0.2) is 0 Å². The molecule has 0 bridgehead atoms. The Labute approximate surface area is 138 Å². The Balaban J connectivity index is 1.81. The van der Waals surface area contributed by atoms with Crippen molar-refractivity contribution in [1.82, 2.24) is 14.8 Å². The number of likely N-dealkylation sites (N-methyl/N-ethyl adjacent to an activating group) is 1. The van der Waals surface area contributed by atoms with Gasteiger partial charge in [-0.25, -0.2) is 0 Å². The van der Waals surface area contributed by atoms with Crippen molar-refractivity contribution < 1.29 is 9.59 Å². The molecule has 1 atom stereocenters. The van der Waals surface area contributed by atoms with E-state index >= 15 is 0 Å². The van der Waals surface area contributed by atoms with Crippen LogP contribution in [0.5, 0.6) is 0 Å². The lowest BCUT2D eigenvalue weighted by Crippen LogP contribution is -2.45. The molecule has 0 saturated carbocycles. The molecule has 5 heteroatoms. The third-order valence-electron chi connectivity index (χ3n) is 4.63. The minimum atomic E-state index is -0.0931. The normalized spacial score (nSPS) is 17.8. The number of likely N-dealkylation sites (tertiary alicyclic amines) is 1. The second-order valence-corrected chi connectivity index (χ2v) is 6.24. The highest BCUT2D eigenvalue weighted by molar-refractivity contribution is 5.97. The SMILES string of the molecule is CCC1CCCCN1C(=O)CC(=O)N(C)CCc1ccncc1. The van der Waals surface area contributed by atoms with E-state index in [2.05, 4.69) is 11.9 Å². The molecule has 0 aromatic carbocycles. The molecule has 1 aromatic rings. The molecule has 2 heterocycles. The summed E-state index contributed by atoms with van der Waals surface area (Å²) in [5.74, 6) is -0.109. The number of rotatable bonds is 6. The molecule has 1 aromatic heterocycles. The number of amides is 2. The molecule has 1 saturated heterocycles. The van der Waals surface area contributed by atoms with Gasteiger partial charge in [0.25, 0.3) is 0 Å². The van der Waals surface area contributed by atoms with Crippen LogP contribution in [0.25, 0.3) is 0 Å². The quantitative estimate of drug-likeness (QED) is 0.756. The zero-order valence-electron chi connectivity index (χ0n) is 14.2. The average molecular weight is 317 g/mol. The smallest absolute Gasteiger partial charge is 0.232 e. The van der Waals surface area contributed by atoms with Crippen LogP contribution in [0.3, 0.4) is 0 Å². The van der Waals surface area contributed by atoms with E-state index in [4.69, 9.17) is 0 Å². The Hall–Kier alpha value is -1.91. The summed E-state index contributed by atoms with van der Waals surface area (Å²) in [6, 6.07) is 4.21. The van der Waals surface area contributed by atoms with Crippen LogP contribution < -0.4 is 0 Å². The van der Waals surface area contributed by atoms with Gasteiger partial charge >= 0.3 is 0 Å². The fraction of sp³-hybridized carbons (Fsp3) is 0.611. The van der Waals surface area contributed by atoms with E-state index in [0.29, 0.717) is 12.6 Å². The average Bonchev–Trinajstić information content (AvgIpc) is 2.60. The number of nitrogens with zero attached hydrogens (tertiary/aromatic N) is 3. The Morgan fingerprint density at radius 1 is 1.30 bits per heavy atom. The molecule has 0 N–H and O–H groups in total. The first-order valence-corrected chi connectivity index (χ1v) is 8.54. The summed E-state index contributed by atoms with van der Waals surface area (Å²) in [5.41, 5.74) is 1.15. The largest absolute Gasteiger partial charge is 0.345 e. The number of pyridine rings is 1. The van der Waals surface area contributed by atoms with Crippen LogP contribution >= 0.6 is 0 Å². The topological polar surface area (TPSA) is 53.5 Å². The lowest BCUT2D eigenvalue weighted by molar-refractivity contribution is -0.142. The Bertz CT molecular complexity index is 518. The summed E-state index contributed by atoms with van der Waals surface area (Å²) in [7, 11) is 1.77. The highest BCUT2D eigenvalue weighted by atomic mass is 16.2. The molecule has 1 fully saturated rings. The molecule has 0 aliphatic carbocycles. The molecule has 0 spiro atoms. The van der Waals surface area contributed by atoms with E-state index in [-0.39, 0.29) is 18.2 Å². The predicted molar refractivity (Wildman–Crippen MR) is 89.8 cm³/mol. The van der Waals surface area contributed by atoms with Crippen LogP contribution in [0.15, 0.2) is 24.5 Å². The standard InChI is InChI=1S/C18H27N3O2/c1-3-16-6-4-5-12-21(16)18(23)14-17(22)20(2)13-9-15-7-10-19-11-8-15/h7-8,10-11,16H,3-6,9,12-14H2,1-2H3. The van der Waals surface area contributed by atoms with Crippen molar-refractivity contribution in [3.63, 3.8) is 0 Å². The minimum absolute atomic E-state index is 0.0106. The van der Waals surface area contributed by atoms with Crippen LogP contribution in [0, 0.1) is 0 Å². The zero-order valence-corrected chi connectivity index (χ0v) is 14.2. The molecule has 1 unspecified atom stereocenters. The van der Waals surface area contributed by atoms with Gasteiger partial charge in [0.05, 0.1) is 0 Å². The van der Waals surface area contributed by atoms with Gasteiger partial charge in [0.1, 0.15) is 6.42 Å². The van der Waals surface area contributed by atoms with Crippen molar-refractivity contribution in [2.75, 3.05) is 20.1 Å². The zero-order chi connectivity index (χ0) is 16.7. The second-order valence-electron chi connectivity index (χ2n) is 6.24. The second kappa shape index (κ2) is 8.65. The first-order valence-electron chi connectivity index (χ1n) is 8.54. The van der Waals surface area contributed by atoms with E-state index in [9.17, 15) is 9.59 Å². The lowest BCUT2D eigenvalue weighted by Gasteiger charge is -2.35. The first-order chi connectivity index (χ1) is 11.1. The highest BCUT2D eigenvalue weighted by Gasteiger charge is 2.27. The van der Waals surface area contributed by atoms with E-state index in [0.717, 1.165) is 37.8 Å². The van der Waals surface area contributed by atoms with Gasteiger partial charge in [0, 0.05) is 38.6 Å². The van der Waals surface area contributed by atoms with E-state index < -0.39 is 0 Å². The van der Waals surface area contributed by atoms with Crippen molar-refractivity contribution in [2.24, 2.45) is 0 Å². The summed E-state index contributed by atoms with van der Waals surface area (Å²) in [5, 5.41) is 0. The molecular formula is C18H27N3O2. The summed E-state index contributed by atoms with van der Waals surface area (Å²) in [6.45, 7) is 3.53. The molecule has 126 valence electrons. The number of aromatic nitrogens is 1. The highest BCUT2D eigenvalue weighted by Crippen LogP contribution is 2.20. The Kier molecular flexibility index (Phi) is 6.56. The molecule has 2 amide bonds. The first kappa shape index (κ1) is 17.4. The number of carbonyl (C=O) groups excluding carboxylic acids is 2. The number of carbonyl (C=O) groups is 2. The Morgan fingerprint density at radius 3 is 2.74 bits per heavy atom. The summed E-state index contributed by atoms with van der Waals surface area (Å²) >= 11 is 0. The molecule has 1 aliphatic rings. The van der Waals surface area contributed by atoms with Crippen molar-refractivity contribution in [3.8, 4) is 0 Å². The molecule has 23 heavy (non-hydrogen) atoms. The van der Waals surface area contributed by atoms with Gasteiger partial charge in [-0.2, -0.15) is 0 Å². The van der Waals surface area contributed by atoms with Crippen molar-refractivity contribution in [2.45, 2.75) is 51.5 Å². The van der Waals surface area contributed by atoms with Crippen LogP contribution in [0.4, 0.5) is 0 Å². The van der Waals surface area contributed by atoms with Gasteiger partial charge < -0.3 is 9.80 Å². The van der Waals surface area contributed by atoms with Crippen molar-refractivity contribution in [3.05, 3.63) is 30.1 Å². The summed E-state index contributed by atoms with van der Waals surface area (Å²) < 4.78 is 0. The van der Waals surface area contributed by atoms with E-state index in [1.807, 2.05) is 17.0 Å². The molecule has 2 rings (SSSR count). The fourth-order valence-corrected chi connectivity index (χ4v) is 3.09. The predicted octanol–water partition coefficient (Wildman–Crippen LogP) is 2.26. The van der Waals surface area contributed by atoms with Crippen LogP contribution in [-0.2, 0) is 16.0 Å². The van der Waals surface area contributed by atoms with E-state index in [1.165, 1.54) is 6.42 Å². The van der Waals surface area contributed by atoms with Gasteiger partial charge in [0.2, 0.25) is 11.8 Å². The molecule has 1 aliphatic heterocycles. The van der Waals surface area contributed by atoms with Crippen LogP contribution in [0.1, 0.15) is 44.6 Å². The molecular weight excluding hydrogens is 290 g/mol. The lowest BCUT2D eigenvalue weighted by atomic mass is 9.99. The van der Waals surface area contributed by atoms with Gasteiger partial charge in [-0.05, 0) is 49.8 Å². The summed E-state index contributed by atoms with van der Waals surface area (Å²) in [6.07, 6.45) is 8.54. The Morgan fingerprint density at radius 2 is 2.04 bits per heavy atom. The monoisotopic (exact) mass is 317 g/mol. The molecule has 0 radical (unpaired) electrons. The van der Waals surface area contributed by atoms with Gasteiger partial charge in [-0.1, -0.05) is 6.92 Å². The third-order valence-corrected chi connectivity index (χ3v) is 4.63. The van der Waals surface area contributed by atoms with Gasteiger partial charge in [-0.3, -0.25) is 14.6 Å². The number of hydrogen-bond acceptors (Lipinski definition) is 3.